The molecule has 1 unspecified atom stereocenters. The van der Waals surface area contributed by atoms with Crippen molar-refractivity contribution >= 4 is 27.7 Å². The van der Waals surface area contributed by atoms with Crippen molar-refractivity contribution in [2.75, 3.05) is 11.5 Å². The summed E-state index contributed by atoms with van der Waals surface area (Å²) < 4.78 is 22.4. The van der Waals surface area contributed by atoms with Crippen LogP contribution in [0.25, 0.3) is 0 Å². The molecule has 86 valence electrons. The number of rotatable bonds is 2. The molecule has 1 aromatic carbocycles. The lowest BCUT2D eigenvalue weighted by atomic mass is 10.2. The van der Waals surface area contributed by atoms with E-state index in [0.29, 0.717) is 11.4 Å². The highest BCUT2D eigenvalue weighted by Gasteiger charge is 2.26. The highest BCUT2D eigenvalue weighted by atomic mass is 35.5. The SMILES string of the molecule is O=S1(=O)CCC(N=Cc2ccc(Cl)cc2)C1. The summed E-state index contributed by atoms with van der Waals surface area (Å²) >= 11 is 5.75. The summed E-state index contributed by atoms with van der Waals surface area (Å²) in [5, 5.41) is 0.681. The van der Waals surface area contributed by atoms with Gasteiger partial charge in [-0.1, -0.05) is 23.7 Å². The minimum atomic E-state index is -2.84. The second-order valence-electron chi connectivity index (χ2n) is 3.89. The Kier molecular flexibility index (Phi) is 3.30. The van der Waals surface area contributed by atoms with Crippen LogP contribution < -0.4 is 0 Å². The number of hydrogen-bond donors (Lipinski definition) is 0. The Bertz CT molecular complexity index is 493. The van der Waals surface area contributed by atoms with Crippen molar-refractivity contribution in [1.82, 2.24) is 0 Å². The Labute approximate surface area is 100 Å². The van der Waals surface area contributed by atoms with Gasteiger partial charge in [0.2, 0.25) is 0 Å². The summed E-state index contributed by atoms with van der Waals surface area (Å²) in [5.74, 6) is 0.437. The molecule has 16 heavy (non-hydrogen) atoms. The van der Waals surface area contributed by atoms with Crippen LogP contribution in [0, 0.1) is 0 Å². The predicted molar refractivity (Wildman–Crippen MR) is 66.1 cm³/mol. The van der Waals surface area contributed by atoms with Crippen LogP contribution in [-0.4, -0.2) is 32.2 Å². The van der Waals surface area contributed by atoms with Gasteiger partial charge in [-0.3, -0.25) is 4.99 Å². The molecule has 0 amide bonds. The first kappa shape index (κ1) is 11.6. The van der Waals surface area contributed by atoms with E-state index in [1.54, 1.807) is 18.3 Å². The Morgan fingerprint density at radius 3 is 2.56 bits per heavy atom. The zero-order valence-electron chi connectivity index (χ0n) is 8.64. The number of aliphatic imine (C=N–C) groups is 1. The van der Waals surface area contributed by atoms with E-state index < -0.39 is 9.84 Å². The lowest BCUT2D eigenvalue weighted by Gasteiger charge is -1.99. The summed E-state index contributed by atoms with van der Waals surface area (Å²) in [6.07, 6.45) is 2.34. The van der Waals surface area contributed by atoms with Gasteiger partial charge < -0.3 is 0 Å². The summed E-state index contributed by atoms with van der Waals surface area (Å²) in [6, 6.07) is 7.20. The molecule has 3 nitrogen and oxygen atoms in total. The van der Waals surface area contributed by atoms with Crippen molar-refractivity contribution in [3.63, 3.8) is 0 Å². The lowest BCUT2D eigenvalue weighted by molar-refractivity contribution is 0.601. The molecule has 0 bridgehead atoms. The van der Waals surface area contributed by atoms with E-state index in [9.17, 15) is 8.42 Å². The first-order valence-electron chi connectivity index (χ1n) is 5.04. The highest BCUT2D eigenvalue weighted by Crippen LogP contribution is 2.15. The Morgan fingerprint density at radius 2 is 2.00 bits per heavy atom. The van der Waals surface area contributed by atoms with Crippen LogP contribution in [0.2, 0.25) is 5.02 Å². The second-order valence-corrected chi connectivity index (χ2v) is 6.55. The van der Waals surface area contributed by atoms with Crippen molar-refractivity contribution in [2.45, 2.75) is 12.5 Å². The van der Waals surface area contributed by atoms with E-state index in [2.05, 4.69) is 4.99 Å². The Balaban J connectivity index is 2.03. The van der Waals surface area contributed by atoms with Crippen LogP contribution in [-0.2, 0) is 9.84 Å². The first-order chi connectivity index (χ1) is 7.55. The number of nitrogens with zero attached hydrogens (tertiary/aromatic N) is 1. The zero-order valence-corrected chi connectivity index (χ0v) is 10.2. The summed E-state index contributed by atoms with van der Waals surface area (Å²) in [6.45, 7) is 0. The average molecular weight is 258 g/mol. The third kappa shape index (κ3) is 3.06. The van der Waals surface area contributed by atoms with Crippen LogP contribution in [0.15, 0.2) is 29.3 Å². The number of sulfone groups is 1. The van der Waals surface area contributed by atoms with Crippen molar-refractivity contribution in [2.24, 2.45) is 4.99 Å². The smallest absolute Gasteiger partial charge is 0.152 e. The third-order valence-electron chi connectivity index (χ3n) is 2.51. The van der Waals surface area contributed by atoms with Gasteiger partial charge in [0, 0.05) is 11.2 Å². The maximum absolute atomic E-state index is 11.2. The molecule has 1 fully saturated rings. The lowest BCUT2D eigenvalue weighted by Crippen LogP contribution is -2.07. The molecule has 0 spiro atoms. The quantitative estimate of drug-likeness (QED) is 0.761. The molecule has 2 rings (SSSR count). The second kappa shape index (κ2) is 4.55. The van der Waals surface area contributed by atoms with Crippen molar-refractivity contribution < 1.29 is 8.42 Å². The maximum atomic E-state index is 11.2. The maximum Gasteiger partial charge on any atom is 0.152 e. The molecule has 1 heterocycles. The van der Waals surface area contributed by atoms with Crippen molar-refractivity contribution in [1.29, 1.82) is 0 Å². The first-order valence-corrected chi connectivity index (χ1v) is 7.24. The normalized spacial score (nSPS) is 23.9. The number of halogens is 1. The van der Waals surface area contributed by atoms with Gasteiger partial charge in [-0.05, 0) is 24.1 Å². The van der Waals surface area contributed by atoms with Gasteiger partial charge in [-0.15, -0.1) is 0 Å². The van der Waals surface area contributed by atoms with E-state index in [-0.39, 0.29) is 17.5 Å². The van der Waals surface area contributed by atoms with Crippen LogP contribution in [0.5, 0.6) is 0 Å². The predicted octanol–water partition coefficient (Wildman–Crippen LogP) is 1.95. The fourth-order valence-corrected chi connectivity index (χ4v) is 3.40. The molecule has 0 aromatic heterocycles. The fourth-order valence-electron chi connectivity index (χ4n) is 1.63. The van der Waals surface area contributed by atoms with Gasteiger partial charge >= 0.3 is 0 Å². The third-order valence-corrected chi connectivity index (χ3v) is 4.52. The van der Waals surface area contributed by atoms with E-state index in [0.717, 1.165) is 5.56 Å². The van der Waals surface area contributed by atoms with E-state index in [4.69, 9.17) is 11.6 Å². The molecule has 0 N–H and O–H groups in total. The molecule has 1 aliphatic rings. The molecular formula is C11H12ClNO2S. The Hall–Kier alpha value is -0.870. The molecule has 1 aliphatic heterocycles. The molecule has 0 radical (unpaired) electrons. The largest absolute Gasteiger partial charge is 0.288 e. The van der Waals surface area contributed by atoms with Crippen LogP contribution in [0.3, 0.4) is 0 Å². The fraction of sp³-hybridized carbons (Fsp3) is 0.364. The molecule has 5 heteroatoms. The van der Waals surface area contributed by atoms with Gasteiger partial charge in [0.1, 0.15) is 0 Å². The minimum Gasteiger partial charge on any atom is -0.288 e. The van der Waals surface area contributed by atoms with Crippen molar-refractivity contribution in [3.8, 4) is 0 Å². The summed E-state index contributed by atoms with van der Waals surface area (Å²) in [4.78, 5) is 4.27. The topological polar surface area (TPSA) is 46.5 Å². The molecule has 0 aliphatic carbocycles. The molecular weight excluding hydrogens is 246 g/mol. The highest BCUT2D eigenvalue weighted by molar-refractivity contribution is 7.91. The standard InChI is InChI=1S/C11H12ClNO2S/c12-10-3-1-9(2-4-10)7-13-11-5-6-16(14,15)8-11/h1-4,7,11H,5-6,8H2. The number of hydrogen-bond acceptors (Lipinski definition) is 3. The van der Waals surface area contributed by atoms with Gasteiger partial charge in [0.05, 0.1) is 17.5 Å². The summed E-state index contributed by atoms with van der Waals surface area (Å²) in [7, 11) is -2.84. The van der Waals surface area contributed by atoms with Gasteiger partial charge in [-0.25, -0.2) is 8.42 Å². The number of benzene rings is 1. The zero-order chi connectivity index (χ0) is 11.6. The monoisotopic (exact) mass is 257 g/mol. The average Bonchev–Trinajstić information content (AvgIpc) is 2.58. The Morgan fingerprint density at radius 1 is 1.31 bits per heavy atom. The van der Waals surface area contributed by atoms with E-state index in [1.807, 2.05) is 12.1 Å². The minimum absolute atomic E-state index is 0.0827. The van der Waals surface area contributed by atoms with Crippen LogP contribution in [0.4, 0.5) is 0 Å². The van der Waals surface area contributed by atoms with Gasteiger partial charge in [-0.2, -0.15) is 0 Å². The van der Waals surface area contributed by atoms with E-state index in [1.165, 1.54) is 0 Å². The van der Waals surface area contributed by atoms with Crippen LogP contribution >= 0.6 is 11.6 Å². The molecule has 1 saturated heterocycles. The van der Waals surface area contributed by atoms with Crippen LogP contribution in [0.1, 0.15) is 12.0 Å². The molecule has 0 saturated carbocycles. The summed E-state index contributed by atoms with van der Waals surface area (Å²) in [5.41, 5.74) is 0.939. The molecule has 1 aromatic rings. The van der Waals surface area contributed by atoms with Crippen molar-refractivity contribution in [3.05, 3.63) is 34.9 Å². The van der Waals surface area contributed by atoms with E-state index >= 15 is 0 Å². The van der Waals surface area contributed by atoms with Gasteiger partial charge in [0.15, 0.2) is 9.84 Å². The molecule has 1 atom stereocenters. The van der Waals surface area contributed by atoms with Gasteiger partial charge in [0.25, 0.3) is 0 Å².